The second-order valence-corrected chi connectivity index (χ2v) is 34.0. The van der Waals surface area contributed by atoms with Crippen LogP contribution in [0.3, 0.4) is 0 Å². The topological polar surface area (TPSA) is 52.3 Å². The van der Waals surface area contributed by atoms with E-state index in [0.29, 0.717) is 11.3 Å². The van der Waals surface area contributed by atoms with Gasteiger partial charge < -0.3 is 10.5 Å². The van der Waals surface area contributed by atoms with Gasteiger partial charge in [0.2, 0.25) is 0 Å². The summed E-state index contributed by atoms with van der Waals surface area (Å²) in [6, 6.07) is 5.10. The fourth-order valence-corrected chi connectivity index (χ4v) is 16.2. The van der Waals surface area contributed by atoms with Gasteiger partial charge in [-0.2, -0.15) is 0 Å². The maximum absolute atomic E-state index is 11.0. The predicted octanol–water partition coefficient (Wildman–Crippen LogP) is 36.7. The highest BCUT2D eigenvalue weighted by Gasteiger charge is 2.07. The van der Waals surface area contributed by atoms with Gasteiger partial charge in [-0.3, -0.25) is 0 Å². The average molecular weight is 1430 g/mol. The largest absolute Gasteiger partial charge is 0.465 e. The minimum absolute atomic E-state index is 0.360. The highest BCUT2D eigenvalue weighted by molar-refractivity contribution is 5.90. The molecule has 3 heteroatoms. The summed E-state index contributed by atoms with van der Waals surface area (Å²) in [5, 5.41) is 0. The molecular weight excluding hydrogens is 1240 g/mol. The summed E-state index contributed by atoms with van der Waals surface area (Å²) in [4.78, 5) is 11.0. The van der Waals surface area contributed by atoms with E-state index in [1.54, 1.807) is 18.2 Å². The zero-order chi connectivity index (χ0) is 73.4. The fraction of sp³-hybridized carbons (Fsp3) is 0.929. The molecule has 102 heavy (non-hydrogen) atoms. The van der Waals surface area contributed by atoms with E-state index >= 15 is 0 Å². The monoisotopic (exact) mass is 1430 g/mol. The lowest BCUT2D eigenvalue weighted by atomic mass is 10.0. The van der Waals surface area contributed by atoms with Gasteiger partial charge in [-0.05, 0) is 24.6 Å². The van der Waals surface area contributed by atoms with E-state index in [2.05, 4.69) is 18.6 Å². The molecule has 0 bridgehead atoms. The van der Waals surface area contributed by atoms with Crippen molar-refractivity contribution in [2.24, 2.45) is 0 Å². The first-order chi connectivity index (χ1) is 50.6. The molecule has 0 saturated heterocycles. The van der Waals surface area contributed by atoms with Crippen molar-refractivity contribution in [3.63, 3.8) is 0 Å². The normalized spacial score (nSPS) is 11.5. The van der Waals surface area contributed by atoms with Crippen LogP contribution in [0.2, 0.25) is 0 Å². The van der Waals surface area contributed by atoms with Crippen molar-refractivity contribution in [3.8, 4) is 0 Å². The number of nitrogen functional groups attached to an aromatic ring is 1. The van der Waals surface area contributed by atoms with Gasteiger partial charge in [0.1, 0.15) is 0 Å². The number of aryl methyl sites for hydroxylation is 1. The number of hydrogen-bond donors (Lipinski definition) is 1. The van der Waals surface area contributed by atoms with Crippen molar-refractivity contribution in [3.05, 3.63) is 29.3 Å². The zero-order valence-corrected chi connectivity index (χ0v) is 71.4. The van der Waals surface area contributed by atoms with Crippen LogP contribution in [-0.2, 0) is 4.74 Å². The number of hydrogen-bond acceptors (Lipinski definition) is 3. The highest BCUT2D eigenvalue weighted by atomic mass is 16.5. The first kappa shape index (κ1) is 100. The highest BCUT2D eigenvalue weighted by Crippen LogP contribution is 2.23. The summed E-state index contributed by atoms with van der Waals surface area (Å²) in [5.74, 6) is -0.360. The van der Waals surface area contributed by atoms with Gasteiger partial charge in [-0.15, -0.1) is 0 Å². The Kier molecular flexibility index (Phi) is 90.5. The Morgan fingerprint density at radius 2 is 0.324 bits per heavy atom. The molecule has 1 rings (SSSR count). The van der Waals surface area contributed by atoms with Crippen LogP contribution in [0, 0.1) is 6.92 Å². The molecular formula is C99H193NO2. The van der Waals surface area contributed by atoms with Crippen molar-refractivity contribution in [2.45, 2.75) is 586 Å². The number of ether oxygens (including phenoxy) is 1. The third-order valence-corrected chi connectivity index (χ3v) is 23.7. The van der Waals surface area contributed by atoms with Gasteiger partial charge in [-0.25, -0.2) is 4.79 Å². The van der Waals surface area contributed by atoms with Crippen LogP contribution in [-0.4, -0.2) is 13.1 Å². The molecule has 0 spiro atoms. The molecule has 0 aliphatic carbocycles. The average Bonchev–Trinajstić information content (AvgIpc) is 0.882. The summed E-state index contributed by atoms with van der Waals surface area (Å²) < 4.78 is 4.54. The van der Waals surface area contributed by atoms with Gasteiger partial charge in [0.25, 0.3) is 0 Å². The number of anilines is 1. The Labute approximate surface area is 645 Å². The summed E-state index contributed by atoms with van der Waals surface area (Å²) in [7, 11) is 1.35. The third kappa shape index (κ3) is 85.7. The summed E-state index contributed by atoms with van der Waals surface area (Å²) in [5.41, 5.74) is 7.66. The molecule has 0 radical (unpaired) electrons. The number of nitrogens with two attached hydrogens (primary N) is 1. The second-order valence-electron chi connectivity index (χ2n) is 34.0. The van der Waals surface area contributed by atoms with E-state index < -0.39 is 0 Å². The molecule has 0 unspecified atom stereocenters. The number of carbonyl (C=O) groups excluding carboxylic acids is 1. The summed E-state index contributed by atoms with van der Waals surface area (Å²) in [6.45, 7) is 6.52. The molecule has 1 aromatic carbocycles. The van der Waals surface area contributed by atoms with Crippen molar-refractivity contribution >= 4 is 11.7 Å². The molecule has 0 saturated carbocycles. The minimum Gasteiger partial charge on any atom is -0.465 e. The molecule has 2 N–H and O–H groups in total. The first-order valence-corrected chi connectivity index (χ1v) is 48.5. The van der Waals surface area contributed by atoms with Gasteiger partial charge >= 0.3 is 5.97 Å². The number of carbonyl (C=O) groups is 1. The van der Waals surface area contributed by atoms with Crippen molar-refractivity contribution < 1.29 is 9.53 Å². The molecule has 0 aliphatic heterocycles. The quantitative estimate of drug-likeness (QED) is 0.0402. The number of benzene rings is 1. The summed E-state index contributed by atoms with van der Waals surface area (Å²) in [6.07, 6.45) is 131. The molecule has 0 amide bonds. The molecule has 1 aromatic rings. The standard InChI is InChI=1S/C90H182.C9H11NO2/c1-3-5-7-9-11-13-15-17-19-21-23-25-27-29-31-33-35-37-39-41-43-45-47-49-51-53-55-57-59-61-63-65-67-69-71-73-75-77-79-81-83-85-87-89-90-88-86-84-82-80-78-76-74-72-70-68-66-64-62-60-58-56-54-52-50-48-46-44-42-40-38-36-34-32-30-28-26-24-22-20-18-16-14-12-10-8-6-4-2;1-6-3-4-7(5-8(6)10)9(11)12-2/h3-90H2,1-2H3;3-5H,10H2,1-2H3. The Bertz CT molecular complexity index is 1570. The molecule has 0 aromatic heterocycles. The lowest BCUT2D eigenvalue weighted by Gasteiger charge is -2.05. The lowest BCUT2D eigenvalue weighted by molar-refractivity contribution is 0.0600. The molecule has 3 nitrogen and oxygen atoms in total. The van der Waals surface area contributed by atoms with Crippen LogP contribution in [0.4, 0.5) is 5.69 Å². The SMILES string of the molecule is CCCCCCCCCCCCCCCCCCCCCCCCCCCCCCCCCCCCCCCCCCCCCCCCCCCCCCCCCCCCCCCCCCCCCCCCCCCCCCCCCCCCCCCCCC.COC(=O)c1ccc(C)c(N)c1. The van der Waals surface area contributed by atoms with E-state index in [-0.39, 0.29) is 5.97 Å². The van der Waals surface area contributed by atoms with E-state index in [1.807, 2.05) is 6.92 Å². The third-order valence-electron chi connectivity index (χ3n) is 23.7. The van der Waals surface area contributed by atoms with Crippen LogP contribution in [0.25, 0.3) is 0 Å². The zero-order valence-electron chi connectivity index (χ0n) is 71.4. The van der Waals surface area contributed by atoms with Crippen LogP contribution < -0.4 is 5.73 Å². The second kappa shape index (κ2) is 91.9. The molecule has 0 aliphatic rings. The van der Waals surface area contributed by atoms with E-state index in [4.69, 9.17) is 5.73 Å². The van der Waals surface area contributed by atoms with Crippen molar-refractivity contribution in [1.29, 1.82) is 0 Å². The van der Waals surface area contributed by atoms with Crippen LogP contribution in [0.1, 0.15) is 595 Å². The van der Waals surface area contributed by atoms with E-state index in [9.17, 15) is 4.79 Å². The number of esters is 1. The molecule has 0 heterocycles. The maximum Gasteiger partial charge on any atom is 0.337 e. The van der Waals surface area contributed by atoms with E-state index in [1.165, 1.54) is 572 Å². The first-order valence-electron chi connectivity index (χ1n) is 48.5. The van der Waals surface area contributed by atoms with Crippen molar-refractivity contribution in [2.75, 3.05) is 12.8 Å². The van der Waals surface area contributed by atoms with E-state index in [0.717, 1.165) is 5.56 Å². The van der Waals surface area contributed by atoms with Gasteiger partial charge in [0, 0.05) is 5.69 Å². The lowest BCUT2D eigenvalue weighted by Crippen LogP contribution is -2.02. The van der Waals surface area contributed by atoms with Gasteiger partial charge in [0.05, 0.1) is 12.7 Å². The van der Waals surface area contributed by atoms with Crippen molar-refractivity contribution in [1.82, 2.24) is 0 Å². The Morgan fingerprint density at radius 1 is 0.216 bits per heavy atom. The van der Waals surface area contributed by atoms with Gasteiger partial charge in [0.15, 0.2) is 0 Å². The van der Waals surface area contributed by atoms with Crippen LogP contribution >= 0.6 is 0 Å². The molecule has 0 atom stereocenters. The fourth-order valence-electron chi connectivity index (χ4n) is 16.2. The van der Waals surface area contributed by atoms with Crippen LogP contribution in [0.5, 0.6) is 0 Å². The Hall–Kier alpha value is -1.51. The molecule has 0 fully saturated rings. The number of rotatable bonds is 88. The smallest absolute Gasteiger partial charge is 0.337 e. The Morgan fingerprint density at radius 3 is 0.412 bits per heavy atom. The Balaban J connectivity index is 0.00000763. The van der Waals surface area contributed by atoms with Gasteiger partial charge in [-0.1, -0.05) is 585 Å². The molecule has 606 valence electrons. The summed E-state index contributed by atoms with van der Waals surface area (Å²) >= 11 is 0. The number of methoxy groups -OCH3 is 1. The van der Waals surface area contributed by atoms with Crippen LogP contribution in [0.15, 0.2) is 18.2 Å². The predicted molar refractivity (Wildman–Crippen MR) is 465 cm³/mol. The minimum atomic E-state index is -0.360. The number of unbranched alkanes of at least 4 members (excludes halogenated alkanes) is 87. The maximum atomic E-state index is 11.0.